The number of nitrogens with zero attached hydrogens (tertiary/aromatic N) is 1. The third-order valence-corrected chi connectivity index (χ3v) is 5.19. The van der Waals surface area contributed by atoms with Gasteiger partial charge in [-0.2, -0.15) is 0 Å². The number of benzene rings is 2. The highest BCUT2D eigenvalue weighted by atomic mass is 79.9. The maximum Gasteiger partial charge on any atom is 0.338 e. The topological polar surface area (TPSA) is 52.3 Å². The van der Waals surface area contributed by atoms with Crippen LogP contribution in [0, 0.1) is 0 Å². The van der Waals surface area contributed by atoms with Crippen LogP contribution < -0.4 is 0 Å². The van der Waals surface area contributed by atoms with Crippen molar-refractivity contribution in [2.24, 2.45) is 0 Å². The number of carbonyl (C=O) groups excluding carboxylic acids is 1. The highest BCUT2D eigenvalue weighted by molar-refractivity contribution is 9.25. The summed E-state index contributed by atoms with van der Waals surface area (Å²) in [6.45, 7) is 2.05. The molecule has 1 aromatic heterocycles. The van der Waals surface area contributed by atoms with Crippen LogP contribution in [0.2, 0.25) is 5.02 Å². The van der Waals surface area contributed by atoms with Crippen molar-refractivity contribution in [3.05, 3.63) is 53.1 Å². The van der Waals surface area contributed by atoms with Crippen molar-refractivity contribution in [1.29, 1.82) is 0 Å². The molecule has 0 fully saturated rings. The molecule has 0 aliphatic heterocycles. The molecule has 0 atom stereocenters. The van der Waals surface area contributed by atoms with Crippen molar-refractivity contribution < 1.29 is 13.9 Å². The normalized spacial score (nSPS) is 11.7. The highest BCUT2D eigenvalue weighted by Crippen LogP contribution is 2.40. The molecule has 1 heterocycles. The van der Waals surface area contributed by atoms with Gasteiger partial charge in [-0.1, -0.05) is 49.5 Å². The molecular weight excluding hydrogens is 461 g/mol. The predicted octanol–water partition coefficient (Wildman–Crippen LogP) is 5.65. The zero-order chi connectivity index (χ0) is 17.3. The van der Waals surface area contributed by atoms with E-state index in [1.807, 2.05) is 12.1 Å². The molecule has 0 amide bonds. The summed E-state index contributed by atoms with van der Waals surface area (Å²) < 4.78 is 9.72. The summed E-state index contributed by atoms with van der Waals surface area (Å²) >= 11 is 12.6. The number of aromatic nitrogens is 1. The molecule has 3 aromatic rings. The van der Waals surface area contributed by atoms with E-state index in [0.717, 1.165) is 5.56 Å². The van der Waals surface area contributed by atoms with Crippen LogP contribution in [0.25, 0.3) is 22.6 Å². The zero-order valence-electron chi connectivity index (χ0n) is 12.6. The monoisotopic (exact) mass is 471 g/mol. The number of oxazole rings is 1. The van der Waals surface area contributed by atoms with Gasteiger partial charge in [-0.15, -0.1) is 0 Å². The Bertz CT molecular complexity index is 890. The molecule has 4 nitrogen and oxygen atoms in total. The van der Waals surface area contributed by atoms with Crippen molar-refractivity contribution >= 4 is 60.5 Å². The van der Waals surface area contributed by atoms with Crippen LogP contribution in [-0.2, 0) is 12.8 Å². The summed E-state index contributed by atoms with van der Waals surface area (Å²) in [7, 11) is 0. The number of hydrogen-bond acceptors (Lipinski definition) is 4. The van der Waals surface area contributed by atoms with Crippen molar-refractivity contribution in [2.45, 2.75) is 10.2 Å². The van der Waals surface area contributed by atoms with E-state index in [1.165, 1.54) is 0 Å². The minimum absolute atomic E-state index is 0.296. The van der Waals surface area contributed by atoms with Crippen LogP contribution >= 0.6 is 43.5 Å². The molecule has 0 spiro atoms. The van der Waals surface area contributed by atoms with Gasteiger partial charge >= 0.3 is 5.97 Å². The fourth-order valence-electron chi connectivity index (χ4n) is 2.18. The number of carbonyl (C=O) groups is 1. The van der Waals surface area contributed by atoms with Crippen molar-refractivity contribution in [2.75, 3.05) is 6.61 Å². The lowest BCUT2D eigenvalue weighted by atomic mass is 10.1. The molecule has 124 valence electrons. The van der Waals surface area contributed by atoms with Crippen LogP contribution in [-0.4, -0.2) is 17.6 Å². The van der Waals surface area contributed by atoms with Crippen LogP contribution in [0.3, 0.4) is 0 Å². The minimum atomic E-state index is -1.12. The van der Waals surface area contributed by atoms with E-state index in [-0.39, 0.29) is 0 Å². The lowest BCUT2D eigenvalue weighted by molar-refractivity contribution is -0.143. The van der Waals surface area contributed by atoms with Gasteiger partial charge in [-0.05, 0) is 48.9 Å². The SMILES string of the molecule is CCOC(=O)C(Br)(Br)c1ccc2oc(-c3ccc(Cl)cc3)nc2c1. The third kappa shape index (κ3) is 3.36. The molecule has 2 aromatic carbocycles. The Hall–Kier alpha value is -1.37. The second-order valence-electron chi connectivity index (χ2n) is 5.00. The van der Waals surface area contributed by atoms with Gasteiger partial charge in [0.25, 0.3) is 0 Å². The predicted molar refractivity (Wildman–Crippen MR) is 101 cm³/mol. The summed E-state index contributed by atoms with van der Waals surface area (Å²) in [6, 6.07) is 12.6. The van der Waals surface area contributed by atoms with Gasteiger partial charge < -0.3 is 9.15 Å². The zero-order valence-corrected chi connectivity index (χ0v) is 16.5. The molecule has 0 saturated carbocycles. The van der Waals surface area contributed by atoms with E-state index in [4.69, 9.17) is 20.8 Å². The first-order valence-electron chi connectivity index (χ1n) is 7.14. The molecule has 7 heteroatoms. The summed E-state index contributed by atoms with van der Waals surface area (Å²) in [4.78, 5) is 16.6. The summed E-state index contributed by atoms with van der Waals surface area (Å²) in [6.07, 6.45) is 0. The van der Waals surface area contributed by atoms with Gasteiger partial charge in [0.05, 0.1) is 6.61 Å². The Morgan fingerprint density at radius 3 is 2.62 bits per heavy atom. The molecule has 0 saturated heterocycles. The number of halogens is 3. The summed E-state index contributed by atoms with van der Waals surface area (Å²) in [5, 5.41) is 0.648. The minimum Gasteiger partial charge on any atom is -0.464 e. The molecule has 0 radical (unpaired) electrons. The number of alkyl halides is 2. The molecule has 0 N–H and O–H groups in total. The van der Waals surface area contributed by atoms with E-state index in [9.17, 15) is 4.79 Å². The molecule has 24 heavy (non-hydrogen) atoms. The smallest absolute Gasteiger partial charge is 0.338 e. The van der Waals surface area contributed by atoms with Gasteiger partial charge in [0.1, 0.15) is 5.52 Å². The number of fused-ring (bicyclic) bond motifs is 1. The molecule has 0 aliphatic rings. The lowest BCUT2D eigenvalue weighted by Gasteiger charge is -2.18. The lowest BCUT2D eigenvalue weighted by Crippen LogP contribution is -2.24. The van der Waals surface area contributed by atoms with Gasteiger partial charge in [-0.3, -0.25) is 0 Å². The molecule has 0 unspecified atom stereocenters. The second-order valence-corrected chi connectivity index (χ2v) is 8.88. The second kappa shape index (κ2) is 6.86. The van der Waals surface area contributed by atoms with E-state index < -0.39 is 9.20 Å². The van der Waals surface area contributed by atoms with Crippen molar-refractivity contribution in [3.8, 4) is 11.5 Å². The average molecular weight is 474 g/mol. The van der Waals surface area contributed by atoms with E-state index in [1.54, 1.807) is 37.3 Å². The first-order valence-corrected chi connectivity index (χ1v) is 9.10. The van der Waals surface area contributed by atoms with Crippen molar-refractivity contribution in [1.82, 2.24) is 4.98 Å². The Kier molecular flexibility index (Phi) is 4.99. The van der Waals surface area contributed by atoms with Crippen LogP contribution in [0.5, 0.6) is 0 Å². The standard InChI is InChI=1S/C17H12Br2ClNO3/c1-2-23-16(22)17(18,19)11-5-8-14-13(9-11)21-15(24-14)10-3-6-12(20)7-4-10/h3-9H,2H2,1H3. The summed E-state index contributed by atoms with van der Waals surface area (Å²) in [5.41, 5.74) is 2.77. The van der Waals surface area contributed by atoms with Gasteiger partial charge in [-0.25, -0.2) is 9.78 Å². The van der Waals surface area contributed by atoms with Gasteiger partial charge in [0.2, 0.25) is 9.12 Å². The van der Waals surface area contributed by atoms with Crippen LogP contribution in [0.4, 0.5) is 0 Å². The van der Waals surface area contributed by atoms with Gasteiger partial charge in [0.15, 0.2) is 5.58 Å². The quantitative estimate of drug-likeness (QED) is 0.363. The number of hydrogen-bond donors (Lipinski definition) is 0. The van der Waals surface area contributed by atoms with Gasteiger partial charge in [0, 0.05) is 10.6 Å². The van der Waals surface area contributed by atoms with E-state index in [0.29, 0.717) is 34.2 Å². The number of ether oxygens (including phenoxy) is 1. The Morgan fingerprint density at radius 1 is 1.25 bits per heavy atom. The fourth-order valence-corrected chi connectivity index (χ4v) is 3.03. The van der Waals surface area contributed by atoms with E-state index in [2.05, 4.69) is 36.8 Å². The molecule has 0 aliphatic carbocycles. The number of rotatable bonds is 4. The maximum atomic E-state index is 12.1. The Labute approximate surface area is 160 Å². The first kappa shape index (κ1) is 17.5. The largest absolute Gasteiger partial charge is 0.464 e. The first-order chi connectivity index (χ1) is 11.4. The molecular formula is C17H12Br2ClNO3. The van der Waals surface area contributed by atoms with Crippen LogP contribution in [0.1, 0.15) is 12.5 Å². The van der Waals surface area contributed by atoms with Crippen molar-refractivity contribution in [3.63, 3.8) is 0 Å². The van der Waals surface area contributed by atoms with E-state index >= 15 is 0 Å². The molecule has 3 rings (SSSR count). The number of esters is 1. The Morgan fingerprint density at radius 2 is 1.96 bits per heavy atom. The van der Waals surface area contributed by atoms with Crippen LogP contribution in [0.15, 0.2) is 46.9 Å². The highest BCUT2D eigenvalue weighted by Gasteiger charge is 2.36. The fraction of sp³-hybridized carbons (Fsp3) is 0.176. The third-order valence-electron chi connectivity index (χ3n) is 3.37. The average Bonchev–Trinajstić information content (AvgIpc) is 2.98. The maximum absolute atomic E-state index is 12.1. The summed E-state index contributed by atoms with van der Waals surface area (Å²) in [5.74, 6) is 0.0652. The Balaban J connectivity index is 2.00. The molecule has 0 bridgehead atoms.